The second-order valence-electron chi connectivity index (χ2n) is 3.60. The van der Waals surface area contributed by atoms with E-state index in [9.17, 15) is 4.79 Å². The van der Waals surface area contributed by atoms with E-state index >= 15 is 0 Å². The van der Waals surface area contributed by atoms with Crippen molar-refractivity contribution in [2.24, 2.45) is 0 Å². The second-order valence-corrected chi connectivity index (χ2v) is 3.60. The first-order valence-electron chi connectivity index (χ1n) is 5.16. The van der Waals surface area contributed by atoms with Crippen molar-refractivity contribution in [1.29, 1.82) is 0 Å². The average molecular weight is 220 g/mol. The van der Waals surface area contributed by atoms with E-state index < -0.39 is 0 Å². The molecule has 3 nitrogen and oxygen atoms in total. The molecule has 0 aromatic heterocycles. The lowest BCUT2D eigenvalue weighted by Crippen LogP contribution is -2.18. The van der Waals surface area contributed by atoms with Gasteiger partial charge in [-0.1, -0.05) is 24.8 Å². The maximum atomic E-state index is 11.2. The van der Waals surface area contributed by atoms with Gasteiger partial charge in [-0.05, 0) is 31.5 Å². The fourth-order valence-corrected chi connectivity index (χ4v) is 1.14. The predicted octanol–water partition coefficient (Wildman–Crippen LogP) is 2.66. The van der Waals surface area contributed by atoms with Crippen molar-refractivity contribution in [3.05, 3.63) is 36.4 Å². The predicted molar refractivity (Wildman–Crippen MR) is 63.3 cm³/mol. The Hall–Kier alpha value is -1.77. The average Bonchev–Trinajstić information content (AvgIpc) is 2.26. The quantitative estimate of drug-likeness (QED) is 0.716. The van der Waals surface area contributed by atoms with Gasteiger partial charge in [0.25, 0.3) is 0 Å². The molecule has 0 spiro atoms. The lowest BCUT2D eigenvalue weighted by molar-refractivity contribution is -0.149. The standard InChI is InChI=1S/C13H16O3/c1-4-11-5-7-12(8-6-11)15-9-13(14)16-10(2)3/h4-8,10H,1,9H2,2-3H3. The number of benzene rings is 1. The molecule has 0 unspecified atom stereocenters. The Morgan fingerprint density at radius 3 is 2.50 bits per heavy atom. The van der Waals surface area contributed by atoms with Crippen LogP contribution in [0.15, 0.2) is 30.8 Å². The van der Waals surface area contributed by atoms with E-state index in [2.05, 4.69) is 6.58 Å². The minimum absolute atomic E-state index is 0.0639. The zero-order chi connectivity index (χ0) is 12.0. The lowest BCUT2D eigenvalue weighted by Gasteiger charge is -2.09. The van der Waals surface area contributed by atoms with Crippen LogP contribution in [0.4, 0.5) is 0 Å². The number of ether oxygens (including phenoxy) is 2. The molecule has 0 aliphatic carbocycles. The van der Waals surface area contributed by atoms with Gasteiger partial charge in [0.05, 0.1) is 6.10 Å². The summed E-state index contributed by atoms with van der Waals surface area (Å²) < 4.78 is 10.2. The minimum atomic E-state index is -0.359. The summed E-state index contributed by atoms with van der Waals surface area (Å²) in [6.45, 7) is 7.19. The van der Waals surface area contributed by atoms with Gasteiger partial charge in [0.15, 0.2) is 6.61 Å². The summed E-state index contributed by atoms with van der Waals surface area (Å²) in [4.78, 5) is 11.2. The monoisotopic (exact) mass is 220 g/mol. The number of esters is 1. The zero-order valence-corrected chi connectivity index (χ0v) is 9.60. The van der Waals surface area contributed by atoms with E-state index in [1.54, 1.807) is 32.1 Å². The minimum Gasteiger partial charge on any atom is -0.482 e. The number of hydrogen-bond acceptors (Lipinski definition) is 3. The molecule has 86 valence electrons. The van der Waals surface area contributed by atoms with Crippen LogP contribution in [-0.4, -0.2) is 18.7 Å². The van der Waals surface area contributed by atoms with Gasteiger partial charge in [-0.3, -0.25) is 0 Å². The number of rotatable bonds is 5. The van der Waals surface area contributed by atoms with Crippen molar-refractivity contribution < 1.29 is 14.3 Å². The van der Waals surface area contributed by atoms with Crippen molar-refractivity contribution in [2.75, 3.05) is 6.61 Å². The highest BCUT2D eigenvalue weighted by atomic mass is 16.6. The summed E-state index contributed by atoms with van der Waals surface area (Å²) in [6.07, 6.45) is 1.64. The van der Waals surface area contributed by atoms with Crippen LogP contribution >= 0.6 is 0 Å². The van der Waals surface area contributed by atoms with E-state index in [-0.39, 0.29) is 18.7 Å². The van der Waals surface area contributed by atoms with Gasteiger partial charge < -0.3 is 9.47 Å². The van der Waals surface area contributed by atoms with Crippen molar-refractivity contribution in [3.8, 4) is 5.75 Å². The third kappa shape index (κ3) is 4.17. The molecule has 0 saturated heterocycles. The van der Waals surface area contributed by atoms with Gasteiger partial charge in [0.2, 0.25) is 0 Å². The van der Waals surface area contributed by atoms with E-state index in [0.29, 0.717) is 5.75 Å². The fraction of sp³-hybridized carbons (Fsp3) is 0.308. The third-order valence-corrected chi connectivity index (χ3v) is 1.84. The van der Waals surface area contributed by atoms with Gasteiger partial charge in [0.1, 0.15) is 5.75 Å². The van der Waals surface area contributed by atoms with Crippen LogP contribution in [0.2, 0.25) is 0 Å². The van der Waals surface area contributed by atoms with Crippen molar-refractivity contribution in [3.63, 3.8) is 0 Å². The van der Waals surface area contributed by atoms with Crippen LogP contribution in [0.1, 0.15) is 19.4 Å². The number of carbonyl (C=O) groups excluding carboxylic acids is 1. The molecule has 0 aliphatic heterocycles. The van der Waals surface area contributed by atoms with Crippen molar-refractivity contribution in [1.82, 2.24) is 0 Å². The van der Waals surface area contributed by atoms with Crippen LogP contribution < -0.4 is 4.74 Å². The molecule has 16 heavy (non-hydrogen) atoms. The molecule has 0 amide bonds. The lowest BCUT2D eigenvalue weighted by atomic mass is 10.2. The first kappa shape index (κ1) is 12.3. The molecule has 0 atom stereocenters. The molecule has 0 fully saturated rings. The molecular weight excluding hydrogens is 204 g/mol. The highest BCUT2D eigenvalue weighted by Gasteiger charge is 2.05. The highest BCUT2D eigenvalue weighted by molar-refractivity contribution is 5.71. The van der Waals surface area contributed by atoms with Gasteiger partial charge in [-0.2, -0.15) is 0 Å². The van der Waals surface area contributed by atoms with Crippen molar-refractivity contribution >= 4 is 12.0 Å². The van der Waals surface area contributed by atoms with E-state index in [0.717, 1.165) is 5.56 Å². The topological polar surface area (TPSA) is 35.5 Å². The summed E-state index contributed by atoms with van der Waals surface area (Å²) in [5.74, 6) is 0.286. The summed E-state index contributed by atoms with van der Waals surface area (Å²) in [7, 11) is 0. The highest BCUT2D eigenvalue weighted by Crippen LogP contribution is 2.12. The molecule has 0 radical (unpaired) electrons. The van der Waals surface area contributed by atoms with Gasteiger partial charge in [0, 0.05) is 0 Å². The van der Waals surface area contributed by atoms with Gasteiger partial charge in [-0.15, -0.1) is 0 Å². The molecule has 0 heterocycles. The molecule has 0 N–H and O–H groups in total. The Balaban J connectivity index is 2.42. The van der Waals surface area contributed by atoms with Crippen LogP contribution in [-0.2, 0) is 9.53 Å². The summed E-state index contributed by atoms with van der Waals surface area (Å²) in [6, 6.07) is 7.32. The number of carbonyl (C=O) groups is 1. The third-order valence-electron chi connectivity index (χ3n) is 1.84. The smallest absolute Gasteiger partial charge is 0.344 e. The normalized spacial score (nSPS) is 9.94. The van der Waals surface area contributed by atoms with E-state index in [1.165, 1.54) is 0 Å². The van der Waals surface area contributed by atoms with Crippen LogP contribution in [0, 0.1) is 0 Å². The number of hydrogen-bond donors (Lipinski definition) is 0. The van der Waals surface area contributed by atoms with Crippen LogP contribution in [0.5, 0.6) is 5.75 Å². The molecule has 1 rings (SSSR count). The van der Waals surface area contributed by atoms with Crippen molar-refractivity contribution in [2.45, 2.75) is 20.0 Å². The van der Waals surface area contributed by atoms with E-state index in [1.807, 2.05) is 12.1 Å². The molecule has 1 aromatic carbocycles. The van der Waals surface area contributed by atoms with Gasteiger partial charge in [-0.25, -0.2) is 4.79 Å². The zero-order valence-electron chi connectivity index (χ0n) is 9.60. The molecule has 1 aromatic rings. The van der Waals surface area contributed by atoms with Crippen LogP contribution in [0.3, 0.4) is 0 Å². The summed E-state index contributed by atoms with van der Waals surface area (Å²) >= 11 is 0. The molecule has 0 aliphatic rings. The van der Waals surface area contributed by atoms with Crippen LogP contribution in [0.25, 0.3) is 6.08 Å². The molecule has 0 saturated carbocycles. The molecule has 3 heteroatoms. The first-order valence-corrected chi connectivity index (χ1v) is 5.16. The van der Waals surface area contributed by atoms with E-state index in [4.69, 9.17) is 9.47 Å². The SMILES string of the molecule is C=Cc1ccc(OCC(=O)OC(C)C)cc1. The Morgan fingerprint density at radius 1 is 1.38 bits per heavy atom. The summed E-state index contributed by atoms with van der Waals surface area (Å²) in [5.41, 5.74) is 1.01. The Kier molecular flexibility index (Phi) is 4.58. The maximum Gasteiger partial charge on any atom is 0.344 e. The largest absolute Gasteiger partial charge is 0.482 e. The first-order chi connectivity index (χ1) is 7.61. The Bertz CT molecular complexity index is 352. The summed E-state index contributed by atoms with van der Waals surface area (Å²) in [5, 5.41) is 0. The maximum absolute atomic E-state index is 11.2. The van der Waals surface area contributed by atoms with Gasteiger partial charge >= 0.3 is 5.97 Å². The Labute approximate surface area is 95.7 Å². The second kappa shape index (κ2) is 5.95. The Morgan fingerprint density at radius 2 is 2.00 bits per heavy atom. The molecular formula is C13H16O3. The molecule has 0 bridgehead atoms. The fourth-order valence-electron chi connectivity index (χ4n) is 1.14.